The first-order valence-electron chi connectivity index (χ1n) is 12.3. The number of hydrogen-bond acceptors (Lipinski definition) is 4. The Labute approximate surface area is 197 Å². The number of benzene rings is 1. The molecule has 1 saturated carbocycles. The van der Waals surface area contributed by atoms with Gasteiger partial charge in [0, 0.05) is 25.2 Å². The highest BCUT2D eigenvalue weighted by molar-refractivity contribution is 6.09. The quantitative estimate of drug-likeness (QED) is 0.668. The normalized spacial score (nSPS) is 29.4. The predicted molar refractivity (Wildman–Crippen MR) is 127 cm³/mol. The Kier molecular flexibility index (Phi) is 6.54. The van der Waals surface area contributed by atoms with Gasteiger partial charge in [-0.1, -0.05) is 51.1 Å². The molecule has 2 saturated heterocycles. The molecule has 4 amide bonds. The summed E-state index contributed by atoms with van der Waals surface area (Å²) in [6, 6.07) is 10.2. The van der Waals surface area contributed by atoms with Crippen molar-refractivity contribution in [3.63, 3.8) is 0 Å². The highest BCUT2D eigenvalue weighted by Crippen LogP contribution is 2.43. The molecule has 1 aromatic carbocycles. The van der Waals surface area contributed by atoms with Crippen LogP contribution in [0.3, 0.4) is 0 Å². The van der Waals surface area contributed by atoms with Gasteiger partial charge in [0.1, 0.15) is 12.1 Å². The van der Waals surface area contributed by atoms with E-state index in [0.717, 1.165) is 37.3 Å². The van der Waals surface area contributed by atoms with Crippen LogP contribution in [0.1, 0.15) is 71.4 Å². The molecule has 7 heteroatoms. The number of hydrogen-bond donors (Lipinski definition) is 2. The lowest BCUT2D eigenvalue weighted by atomic mass is 9.67. The van der Waals surface area contributed by atoms with Gasteiger partial charge >= 0.3 is 6.03 Å². The SMILES string of the molecule is CC(c1ccccc1)N1CCC(NC(=O)CN2C(=O)NC3(CCC(C(C)(C)C)CC3)C2=O)C1. The van der Waals surface area contributed by atoms with Gasteiger partial charge in [-0.15, -0.1) is 0 Å². The van der Waals surface area contributed by atoms with Gasteiger partial charge in [0.2, 0.25) is 5.91 Å². The van der Waals surface area contributed by atoms with Crippen LogP contribution in [0.15, 0.2) is 30.3 Å². The van der Waals surface area contributed by atoms with Crippen molar-refractivity contribution in [2.75, 3.05) is 19.6 Å². The monoisotopic (exact) mass is 454 g/mol. The second-order valence-corrected chi connectivity index (χ2v) is 11.2. The Morgan fingerprint density at radius 1 is 1.15 bits per heavy atom. The highest BCUT2D eigenvalue weighted by atomic mass is 16.2. The molecule has 1 spiro atoms. The average molecular weight is 455 g/mol. The lowest BCUT2D eigenvalue weighted by Gasteiger charge is -2.40. The van der Waals surface area contributed by atoms with Crippen LogP contribution in [-0.2, 0) is 9.59 Å². The Morgan fingerprint density at radius 2 is 1.82 bits per heavy atom. The van der Waals surface area contributed by atoms with Crippen LogP contribution in [0.4, 0.5) is 4.79 Å². The molecule has 2 aliphatic heterocycles. The number of urea groups is 1. The maximum Gasteiger partial charge on any atom is 0.325 e. The Balaban J connectivity index is 1.29. The van der Waals surface area contributed by atoms with Crippen LogP contribution in [0.5, 0.6) is 0 Å². The number of likely N-dealkylation sites (tertiary alicyclic amines) is 1. The summed E-state index contributed by atoms with van der Waals surface area (Å²) in [4.78, 5) is 42.0. The van der Waals surface area contributed by atoms with Crippen LogP contribution in [0.2, 0.25) is 0 Å². The third-order valence-corrected chi connectivity index (χ3v) is 8.03. The van der Waals surface area contributed by atoms with Gasteiger partial charge in [-0.05, 0) is 55.9 Å². The summed E-state index contributed by atoms with van der Waals surface area (Å²) in [6.45, 7) is 10.3. The van der Waals surface area contributed by atoms with Crippen molar-refractivity contribution < 1.29 is 14.4 Å². The van der Waals surface area contributed by atoms with E-state index in [1.807, 2.05) is 18.2 Å². The van der Waals surface area contributed by atoms with E-state index in [-0.39, 0.29) is 35.9 Å². The van der Waals surface area contributed by atoms with Crippen molar-refractivity contribution in [3.05, 3.63) is 35.9 Å². The summed E-state index contributed by atoms with van der Waals surface area (Å²) in [5, 5.41) is 5.98. The van der Waals surface area contributed by atoms with E-state index < -0.39 is 11.6 Å². The zero-order valence-electron chi connectivity index (χ0n) is 20.4. The van der Waals surface area contributed by atoms with Crippen molar-refractivity contribution in [1.82, 2.24) is 20.4 Å². The van der Waals surface area contributed by atoms with Crippen molar-refractivity contribution in [3.8, 4) is 0 Å². The fraction of sp³-hybridized carbons (Fsp3) is 0.654. The second-order valence-electron chi connectivity index (χ2n) is 11.2. The fourth-order valence-corrected chi connectivity index (χ4v) is 5.75. The molecule has 1 aliphatic carbocycles. The van der Waals surface area contributed by atoms with Gasteiger partial charge < -0.3 is 10.6 Å². The van der Waals surface area contributed by atoms with Crippen LogP contribution in [0.25, 0.3) is 0 Å². The van der Waals surface area contributed by atoms with Crippen molar-refractivity contribution in [2.24, 2.45) is 11.3 Å². The van der Waals surface area contributed by atoms with E-state index in [2.05, 4.69) is 55.4 Å². The molecule has 2 heterocycles. The fourth-order valence-electron chi connectivity index (χ4n) is 5.75. The number of rotatable bonds is 5. The molecular weight excluding hydrogens is 416 g/mol. The number of amides is 4. The molecule has 0 radical (unpaired) electrons. The Morgan fingerprint density at radius 3 is 2.45 bits per heavy atom. The first-order valence-corrected chi connectivity index (χ1v) is 12.3. The zero-order valence-corrected chi connectivity index (χ0v) is 20.4. The number of imide groups is 1. The number of carbonyl (C=O) groups excluding carboxylic acids is 3. The standard InChI is InChI=1S/C26H38N4O3/c1-18(19-8-6-5-7-9-19)29-15-12-21(16-29)27-22(31)17-30-23(32)26(28-24(30)33)13-10-20(11-14-26)25(2,3)4/h5-9,18,20-21H,10-17H2,1-4H3,(H,27,31)(H,28,33). The summed E-state index contributed by atoms with van der Waals surface area (Å²) >= 11 is 0. The lowest BCUT2D eigenvalue weighted by Crippen LogP contribution is -2.51. The van der Waals surface area contributed by atoms with E-state index in [1.54, 1.807) is 0 Å². The summed E-state index contributed by atoms with van der Waals surface area (Å²) in [5.74, 6) is 0.0349. The van der Waals surface area contributed by atoms with Gasteiger partial charge in [-0.2, -0.15) is 0 Å². The van der Waals surface area contributed by atoms with Gasteiger partial charge in [-0.25, -0.2) is 4.79 Å². The third-order valence-electron chi connectivity index (χ3n) is 8.03. The molecule has 2 N–H and O–H groups in total. The van der Waals surface area contributed by atoms with Gasteiger partial charge in [0.05, 0.1) is 0 Å². The molecule has 3 fully saturated rings. The Hall–Kier alpha value is -2.41. The highest BCUT2D eigenvalue weighted by Gasteiger charge is 2.53. The summed E-state index contributed by atoms with van der Waals surface area (Å²) in [7, 11) is 0. The maximum absolute atomic E-state index is 13.2. The van der Waals surface area contributed by atoms with Gasteiger partial charge in [0.25, 0.3) is 5.91 Å². The van der Waals surface area contributed by atoms with E-state index in [9.17, 15) is 14.4 Å². The van der Waals surface area contributed by atoms with Crippen LogP contribution in [0, 0.1) is 11.3 Å². The van der Waals surface area contributed by atoms with Crippen molar-refractivity contribution >= 4 is 17.8 Å². The number of nitrogens with zero attached hydrogens (tertiary/aromatic N) is 2. The first kappa shape index (κ1) is 23.7. The molecule has 4 rings (SSSR count). The molecule has 2 atom stereocenters. The minimum absolute atomic E-state index is 0.0283. The first-order chi connectivity index (χ1) is 15.6. The molecule has 3 aliphatic rings. The molecular formula is C26H38N4O3. The molecule has 0 bridgehead atoms. The third kappa shape index (κ3) is 4.93. The Bertz CT molecular complexity index is 887. The maximum atomic E-state index is 13.2. The van der Waals surface area contributed by atoms with Crippen molar-refractivity contribution in [1.29, 1.82) is 0 Å². The number of nitrogens with one attached hydrogen (secondary N) is 2. The van der Waals surface area contributed by atoms with Crippen LogP contribution in [-0.4, -0.2) is 58.9 Å². The summed E-state index contributed by atoms with van der Waals surface area (Å²) in [6.07, 6.45) is 3.97. The lowest BCUT2D eigenvalue weighted by molar-refractivity contribution is -0.136. The second kappa shape index (κ2) is 9.09. The molecule has 180 valence electrons. The molecule has 1 aromatic rings. The minimum atomic E-state index is -0.825. The topological polar surface area (TPSA) is 81.8 Å². The van der Waals surface area contributed by atoms with Gasteiger partial charge in [0.15, 0.2) is 0 Å². The number of carbonyl (C=O) groups is 3. The zero-order chi connectivity index (χ0) is 23.8. The predicted octanol–water partition coefficient (Wildman–Crippen LogP) is 3.47. The molecule has 7 nitrogen and oxygen atoms in total. The largest absolute Gasteiger partial charge is 0.350 e. The smallest absolute Gasteiger partial charge is 0.325 e. The van der Waals surface area contributed by atoms with Gasteiger partial charge in [-0.3, -0.25) is 19.4 Å². The van der Waals surface area contributed by atoms with Crippen LogP contribution < -0.4 is 10.6 Å². The summed E-state index contributed by atoms with van der Waals surface area (Å²) in [5.41, 5.74) is 0.629. The molecule has 33 heavy (non-hydrogen) atoms. The van der Waals surface area contributed by atoms with Crippen molar-refractivity contribution in [2.45, 2.75) is 77.4 Å². The van der Waals surface area contributed by atoms with E-state index in [1.165, 1.54) is 5.56 Å². The summed E-state index contributed by atoms with van der Waals surface area (Å²) < 4.78 is 0. The molecule has 2 unspecified atom stereocenters. The molecule has 0 aromatic heterocycles. The average Bonchev–Trinajstić information content (AvgIpc) is 3.32. The van der Waals surface area contributed by atoms with E-state index in [0.29, 0.717) is 18.8 Å². The van der Waals surface area contributed by atoms with Crippen LogP contribution >= 0.6 is 0 Å². The minimum Gasteiger partial charge on any atom is -0.350 e. The van der Waals surface area contributed by atoms with E-state index in [4.69, 9.17) is 0 Å². The van der Waals surface area contributed by atoms with E-state index >= 15 is 0 Å².